The molecule has 0 spiro atoms. The van der Waals surface area contributed by atoms with Crippen molar-refractivity contribution in [3.05, 3.63) is 12.1 Å². The van der Waals surface area contributed by atoms with Crippen LogP contribution in [0.5, 0.6) is 11.5 Å². The summed E-state index contributed by atoms with van der Waals surface area (Å²) in [6.07, 6.45) is 1.02. The van der Waals surface area contributed by atoms with E-state index in [-0.39, 0.29) is 5.97 Å². The number of carbonyl (C=O) groups excluding carboxylic acids is 1. The first-order valence-electron chi connectivity index (χ1n) is 7.13. The fourth-order valence-corrected chi connectivity index (χ4v) is 2.44. The van der Waals surface area contributed by atoms with Gasteiger partial charge in [-0.1, -0.05) is 6.92 Å². The molecular formula is C15H22Cl2N2O3. The van der Waals surface area contributed by atoms with Crippen LogP contribution in [0.3, 0.4) is 0 Å². The molecule has 0 aromatic heterocycles. The van der Waals surface area contributed by atoms with Gasteiger partial charge in [-0.2, -0.15) is 0 Å². The normalized spacial score (nSPS) is 10.4. The van der Waals surface area contributed by atoms with E-state index in [0.717, 1.165) is 0 Å². The third kappa shape index (κ3) is 4.85. The van der Waals surface area contributed by atoms with E-state index >= 15 is 0 Å². The minimum atomic E-state index is -0.333. The summed E-state index contributed by atoms with van der Waals surface area (Å²) in [6, 6.07) is 3.53. The summed E-state index contributed by atoms with van der Waals surface area (Å²) in [7, 11) is 1.51. The van der Waals surface area contributed by atoms with E-state index in [1.54, 1.807) is 12.1 Å². The van der Waals surface area contributed by atoms with Crippen molar-refractivity contribution in [2.45, 2.75) is 19.8 Å². The lowest BCUT2D eigenvalue weighted by atomic mass is 10.2. The topological polar surface area (TPSA) is 64.8 Å². The molecule has 0 aliphatic rings. The van der Waals surface area contributed by atoms with Crippen LogP contribution in [0, 0.1) is 0 Å². The van der Waals surface area contributed by atoms with Crippen LogP contribution in [0.1, 0.15) is 19.8 Å². The predicted octanol–water partition coefficient (Wildman–Crippen LogP) is 3.27. The van der Waals surface area contributed by atoms with Crippen LogP contribution in [0.4, 0.5) is 11.4 Å². The molecule has 0 bridgehead atoms. The molecule has 0 unspecified atom stereocenters. The molecule has 0 saturated carbocycles. The van der Waals surface area contributed by atoms with Gasteiger partial charge in [0.1, 0.15) is 11.4 Å². The number of alkyl halides is 2. The second kappa shape index (κ2) is 9.64. The molecule has 0 amide bonds. The second-order valence-electron chi connectivity index (χ2n) is 4.62. The van der Waals surface area contributed by atoms with Crippen molar-refractivity contribution < 1.29 is 14.3 Å². The molecule has 1 rings (SSSR count). The summed E-state index contributed by atoms with van der Waals surface area (Å²) >= 11 is 11.7. The number of hydrogen-bond acceptors (Lipinski definition) is 5. The number of methoxy groups -OCH3 is 1. The summed E-state index contributed by atoms with van der Waals surface area (Å²) in [5.74, 6) is 1.27. The van der Waals surface area contributed by atoms with Crippen LogP contribution in [-0.2, 0) is 4.79 Å². The molecule has 22 heavy (non-hydrogen) atoms. The van der Waals surface area contributed by atoms with Crippen molar-refractivity contribution in [2.24, 2.45) is 0 Å². The molecule has 1 aromatic rings. The number of halogens is 2. The Labute approximate surface area is 141 Å². The van der Waals surface area contributed by atoms with Gasteiger partial charge in [0.15, 0.2) is 5.75 Å². The van der Waals surface area contributed by atoms with Crippen LogP contribution >= 0.6 is 23.2 Å². The van der Waals surface area contributed by atoms with Gasteiger partial charge in [-0.05, 0) is 18.6 Å². The molecule has 124 valence electrons. The van der Waals surface area contributed by atoms with Crippen LogP contribution < -0.4 is 20.1 Å². The largest absolute Gasteiger partial charge is 0.494 e. The minimum absolute atomic E-state index is 0.290. The van der Waals surface area contributed by atoms with Crippen LogP contribution in [0.25, 0.3) is 0 Å². The number of nitrogens with zero attached hydrogens (tertiary/aromatic N) is 1. The van der Waals surface area contributed by atoms with E-state index in [2.05, 4.69) is 0 Å². The van der Waals surface area contributed by atoms with Gasteiger partial charge in [-0.3, -0.25) is 4.79 Å². The summed E-state index contributed by atoms with van der Waals surface area (Å²) in [6.45, 7) is 3.04. The lowest BCUT2D eigenvalue weighted by molar-refractivity contribution is -0.134. The van der Waals surface area contributed by atoms with Gasteiger partial charge in [-0.15, -0.1) is 23.2 Å². The van der Waals surface area contributed by atoms with E-state index in [1.807, 2.05) is 11.8 Å². The van der Waals surface area contributed by atoms with Crippen LogP contribution in [0.15, 0.2) is 12.1 Å². The maximum Gasteiger partial charge on any atom is 0.311 e. The van der Waals surface area contributed by atoms with Crippen molar-refractivity contribution in [2.75, 3.05) is 42.6 Å². The maximum atomic E-state index is 11.9. The molecular weight excluding hydrogens is 327 g/mol. The molecule has 0 aliphatic heterocycles. The third-order valence-electron chi connectivity index (χ3n) is 3.07. The lowest BCUT2D eigenvalue weighted by Gasteiger charge is -2.26. The van der Waals surface area contributed by atoms with E-state index in [0.29, 0.717) is 60.6 Å². The second-order valence-corrected chi connectivity index (χ2v) is 5.37. The fraction of sp³-hybridized carbons (Fsp3) is 0.533. The highest BCUT2D eigenvalue weighted by Gasteiger charge is 2.20. The van der Waals surface area contributed by atoms with E-state index in [4.69, 9.17) is 38.4 Å². The Balaban J connectivity index is 3.23. The Morgan fingerprint density at radius 3 is 2.41 bits per heavy atom. The first-order valence-corrected chi connectivity index (χ1v) is 8.19. The Bertz CT molecular complexity index is 492. The summed E-state index contributed by atoms with van der Waals surface area (Å²) in [5, 5.41) is 0. The van der Waals surface area contributed by atoms with Crippen LogP contribution in [0.2, 0.25) is 0 Å². The molecule has 7 heteroatoms. The predicted molar refractivity (Wildman–Crippen MR) is 91.6 cm³/mol. The van der Waals surface area contributed by atoms with Gasteiger partial charge >= 0.3 is 5.97 Å². The molecule has 2 N–H and O–H groups in total. The zero-order valence-electron chi connectivity index (χ0n) is 12.9. The smallest absolute Gasteiger partial charge is 0.311 e. The number of ether oxygens (including phenoxy) is 2. The highest BCUT2D eigenvalue weighted by molar-refractivity contribution is 6.18. The first-order chi connectivity index (χ1) is 10.6. The summed E-state index contributed by atoms with van der Waals surface area (Å²) in [4.78, 5) is 13.8. The SMILES string of the molecule is CCCC(=O)Oc1c(N(CCCl)CCCl)ccc(OC)c1N. The van der Waals surface area contributed by atoms with Gasteiger partial charge in [0.05, 0.1) is 12.8 Å². The average Bonchev–Trinajstić information content (AvgIpc) is 2.49. The first kappa shape index (κ1) is 18.7. The van der Waals surface area contributed by atoms with Crippen molar-refractivity contribution in [1.82, 2.24) is 0 Å². The number of nitrogen functional groups attached to an aromatic ring is 1. The molecule has 0 saturated heterocycles. The fourth-order valence-electron chi connectivity index (χ4n) is 2.03. The molecule has 5 nitrogen and oxygen atoms in total. The monoisotopic (exact) mass is 348 g/mol. The van der Waals surface area contributed by atoms with Crippen LogP contribution in [-0.4, -0.2) is 37.9 Å². The van der Waals surface area contributed by atoms with E-state index in [9.17, 15) is 4.79 Å². The van der Waals surface area contributed by atoms with Crippen molar-refractivity contribution in [1.29, 1.82) is 0 Å². The Hall–Kier alpha value is -1.33. The molecule has 0 radical (unpaired) electrons. The standard InChI is InChI=1S/C15H22Cl2N2O3/c1-3-4-13(20)22-15-11(19(9-7-16)10-8-17)5-6-12(21-2)14(15)18/h5-6H,3-4,7-10,18H2,1-2H3. The Morgan fingerprint density at radius 1 is 1.27 bits per heavy atom. The van der Waals surface area contributed by atoms with Crippen molar-refractivity contribution in [3.8, 4) is 11.5 Å². The van der Waals surface area contributed by atoms with Gasteiger partial charge in [0.25, 0.3) is 0 Å². The van der Waals surface area contributed by atoms with Crippen molar-refractivity contribution >= 4 is 40.5 Å². The van der Waals surface area contributed by atoms with E-state index in [1.165, 1.54) is 7.11 Å². The maximum absolute atomic E-state index is 11.9. The molecule has 1 aromatic carbocycles. The number of hydrogen-bond donors (Lipinski definition) is 1. The molecule has 0 atom stereocenters. The highest BCUT2D eigenvalue weighted by Crippen LogP contribution is 2.40. The van der Waals surface area contributed by atoms with Crippen molar-refractivity contribution in [3.63, 3.8) is 0 Å². The number of anilines is 2. The third-order valence-corrected chi connectivity index (χ3v) is 3.41. The zero-order valence-corrected chi connectivity index (χ0v) is 14.4. The van der Waals surface area contributed by atoms with Gasteiger partial charge in [0, 0.05) is 31.3 Å². The number of carbonyl (C=O) groups is 1. The molecule has 0 heterocycles. The van der Waals surface area contributed by atoms with Gasteiger partial charge in [0.2, 0.25) is 0 Å². The molecule has 0 fully saturated rings. The van der Waals surface area contributed by atoms with E-state index < -0.39 is 0 Å². The minimum Gasteiger partial charge on any atom is -0.494 e. The Kier molecular flexibility index (Phi) is 8.20. The number of nitrogens with two attached hydrogens (primary N) is 1. The number of benzene rings is 1. The summed E-state index contributed by atoms with van der Waals surface area (Å²) in [5.41, 5.74) is 7.05. The quantitative estimate of drug-likeness (QED) is 0.321. The van der Waals surface area contributed by atoms with Gasteiger partial charge < -0.3 is 20.1 Å². The number of rotatable bonds is 9. The van der Waals surface area contributed by atoms with Gasteiger partial charge in [-0.25, -0.2) is 0 Å². The highest BCUT2D eigenvalue weighted by atomic mass is 35.5. The Morgan fingerprint density at radius 2 is 1.91 bits per heavy atom. The lowest BCUT2D eigenvalue weighted by Crippen LogP contribution is -2.28. The average molecular weight is 349 g/mol. The summed E-state index contributed by atoms with van der Waals surface area (Å²) < 4.78 is 10.7. The zero-order chi connectivity index (χ0) is 16.5. The molecule has 0 aliphatic carbocycles. The number of esters is 1.